The van der Waals surface area contributed by atoms with Crippen molar-refractivity contribution < 1.29 is 14.0 Å². The molecule has 0 radical (unpaired) electrons. The smallest absolute Gasteiger partial charge is 0.252 e. The lowest BCUT2D eigenvalue weighted by Crippen LogP contribution is -2.27. The highest BCUT2D eigenvalue weighted by atomic mass is 19.1. The lowest BCUT2D eigenvalue weighted by molar-refractivity contribution is -0.116. The van der Waals surface area contributed by atoms with Crippen LogP contribution in [0.3, 0.4) is 0 Å². The molecule has 2 rings (SSSR count). The molecule has 0 spiro atoms. The fourth-order valence-electron chi connectivity index (χ4n) is 1.56. The number of amides is 2. The summed E-state index contributed by atoms with van der Waals surface area (Å²) in [5, 5.41) is 5.23. The standard InChI is InChI=1S/C14H13FN4O2/c15-12-2-1-10(9-18-12)14(21)17-8-5-13(20)19-11-3-6-16-7-4-11/h1-4,6-7,9H,5,8H2,(H,17,21)(H,16,19,20). The molecule has 0 aromatic carbocycles. The first kappa shape index (κ1) is 14.6. The summed E-state index contributed by atoms with van der Waals surface area (Å²) in [6.07, 6.45) is 4.40. The van der Waals surface area contributed by atoms with Gasteiger partial charge in [0.05, 0.1) is 5.56 Å². The summed E-state index contributed by atoms with van der Waals surface area (Å²) in [7, 11) is 0. The van der Waals surface area contributed by atoms with Gasteiger partial charge in [-0.25, -0.2) is 4.98 Å². The number of nitrogens with one attached hydrogen (secondary N) is 2. The molecule has 108 valence electrons. The summed E-state index contributed by atoms with van der Waals surface area (Å²) < 4.78 is 12.6. The summed E-state index contributed by atoms with van der Waals surface area (Å²) in [6.45, 7) is 0.174. The van der Waals surface area contributed by atoms with Gasteiger partial charge in [-0.2, -0.15) is 4.39 Å². The van der Waals surface area contributed by atoms with Crippen molar-refractivity contribution >= 4 is 17.5 Å². The van der Waals surface area contributed by atoms with E-state index in [0.29, 0.717) is 5.69 Å². The van der Waals surface area contributed by atoms with Crippen molar-refractivity contribution in [2.45, 2.75) is 6.42 Å². The van der Waals surface area contributed by atoms with Gasteiger partial charge in [-0.3, -0.25) is 14.6 Å². The lowest BCUT2D eigenvalue weighted by atomic mass is 10.2. The molecule has 0 bridgehead atoms. The molecule has 0 aliphatic carbocycles. The topological polar surface area (TPSA) is 84.0 Å². The molecule has 0 aliphatic rings. The van der Waals surface area contributed by atoms with E-state index in [4.69, 9.17) is 0 Å². The van der Waals surface area contributed by atoms with Gasteiger partial charge in [0.25, 0.3) is 5.91 Å². The van der Waals surface area contributed by atoms with E-state index in [1.807, 2.05) is 0 Å². The number of nitrogens with zero attached hydrogens (tertiary/aromatic N) is 2. The quantitative estimate of drug-likeness (QED) is 0.814. The number of rotatable bonds is 5. The molecule has 0 fully saturated rings. The predicted molar refractivity (Wildman–Crippen MR) is 74.0 cm³/mol. The number of hydrogen-bond donors (Lipinski definition) is 2. The molecule has 2 aromatic heterocycles. The Labute approximate surface area is 120 Å². The Morgan fingerprint density at radius 1 is 1.14 bits per heavy atom. The Hall–Kier alpha value is -2.83. The summed E-state index contributed by atoms with van der Waals surface area (Å²) in [4.78, 5) is 30.5. The number of halogens is 1. The Morgan fingerprint density at radius 2 is 1.90 bits per heavy atom. The third kappa shape index (κ3) is 4.64. The van der Waals surface area contributed by atoms with Crippen LogP contribution in [0.1, 0.15) is 16.8 Å². The molecule has 2 N–H and O–H groups in total. The third-order valence-electron chi connectivity index (χ3n) is 2.59. The predicted octanol–water partition coefficient (Wildman–Crippen LogP) is 1.37. The molecule has 0 atom stereocenters. The third-order valence-corrected chi connectivity index (χ3v) is 2.59. The number of aromatic nitrogens is 2. The van der Waals surface area contributed by atoms with Crippen LogP contribution in [0.5, 0.6) is 0 Å². The van der Waals surface area contributed by atoms with E-state index in [-0.39, 0.29) is 24.4 Å². The second-order valence-electron chi connectivity index (χ2n) is 4.16. The zero-order valence-corrected chi connectivity index (χ0v) is 11.0. The van der Waals surface area contributed by atoms with E-state index < -0.39 is 11.9 Å². The highest BCUT2D eigenvalue weighted by molar-refractivity contribution is 5.95. The Kier molecular flexibility index (Phi) is 4.92. The monoisotopic (exact) mass is 288 g/mol. The fourth-order valence-corrected chi connectivity index (χ4v) is 1.56. The van der Waals surface area contributed by atoms with Crippen LogP contribution < -0.4 is 10.6 Å². The first-order valence-corrected chi connectivity index (χ1v) is 6.25. The molecule has 0 saturated heterocycles. The second kappa shape index (κ2) is 7.09. The Balaban J connectivity index is 1.75. The van der Waals surface area contributed by atoms with Crippen LogP contribution >= 0.6 is 0 Å². The van der Waals surface area contributed by atoms with Crippen molar-refractivity contribution in [3.8, 4) is 0 Å². The highest BCUT2D eigenvalue weighted by Gasteiger charge is 2.07. The van der Waals surface area contributed by atoms with Gasteiger partial charge in [0, 0.05) is 37.2 Å². The zero-order chi connectivity index (χ0) is 15.1. The average Bonchev–Trinajstić information content (AvgIpc) is 2.49. The van der Waals surface area contributed by atoms with E-state index in [2.05, 4.69) is 20.6 Å². The molecule has 0 saturated carbocycles. The maximum absolute atomic E-state index is 12.6. The van der Waals surface area contributed by atoms with Gasteiger partial charge in [0.1, 0.15) is 0 Å². The molecule has 2 amide bonds. The normalized spacial score (nSPS) is 9.95. The molecular weight excluding hydrogens is 275 g/mol. The lowest BCUT2D eigenvalue weighted by Gasteiger charge is -2.06. The number of pyridine rings is 2. The van der Waals surface area contributed by atoms with Crippen molar-refractivity contribution in [3.63, 3.8) is 0 Å². The van der Waals surface area contributed by atoms with E-state index in [9.17, 15) is 14.0 Å². The van der Waals surface area contributed by atoms with Gasteiger partial charge in [-0.1, -0.05) is 0 Å². The molecule has 2 aromatic rings. The van der Waals surface area contributed by atoms with Crippen LogP contribution in [0.2, 0.25) is 0 Å². The Morgan fingerprint density at radius 3 is 2.57 bits per heavy atom. The van der Waals surface area contributed by atoms with Crippen molar-refractivity contribution in [3.05, 3.63) is 54.4 Å². The number of hydrogen-bond acceptors (Lipinski definition) is 4. The van der Waals surface area contributed by atoms with Crippen LogP contribution in [0.15, 0.2) is 42.9 Å². The maximum Gasteiger partial charge on any atom is 0.252 e. The second-order valence-corrected chi connectivity index (χ2v) is 4.16. The van der Waals surface area contributed by atoms with Gasteiger partial charge in [-0.15, -0.1) is 0 Å². The van der Waals surface area contributed by atoms with Crippen molar-refractivity contribution in [1.29, 1.82) is 0 Å². The van der Waals surface area contributed by atoms with Gasteiger partial charge >= 0.3 is 0 Å². The summed E-state index contributed by atoms with van der Waals surface area (Å²) >= 11 is 0. The minimum absolute atomic E-state index is 0.128. The van der Waals surface area contributed by atoms with Crippen LogP contribution in [0.4, 0.5) is 10.1 Å². The van der Waals surface area contributed by atoms with Crippen LogP contribution in [-0.4, -0.2) is 28.3 Å². The Bertz CT molecular complexity index is 617. The van der Waals surface area contributed by atoms with E-state index in [0.717, 1.165) is 12.3 Å². The van der Waals surface area contributed by atoms with Crippen LogP contribution in [0, 0.1) is 5.95 Å². The number of carbonyl (C=O) groups excluding carboxylic acids is 2. The average molecular weight is 288 g/mol. The molecule has 7 heteroatoms. The molecular formula is C14H13FN4O2. The minimum atomic E-state index is -0.650. The van der Waals surface area contributed by atoms with Crippen LogP contribution in [0.25, 0.3) is 0 Å². The number of carbonyl (C=O) groups is 2. The first-order valence-electron chi connectivity index (χ1n) is 6.25. The minimum Gasteiger partial charge on any atom is -0.351 e. The van der Waals surface area contributed by atoms with Crippen molar-refractivity contribution in [2.75, 3.05) is 11.9 Å². The molecule has 21 heavy (non-hydrogen) atoms. The van der Waals surface area contributed by atoms with E-state index in [1.165, 1.54) is 6.07 Å². The van der Waals surface area contributed by atoms with Crippen LogP contribution in [-0.2, 0) is 4.79 Å². The molecule has 0 unspecified atom stereocenters. The van der Waals surface area contributed by atoms with E-state index in [1.54, 1.807) is 24.5 Å². The zero-order valence-electron chi connectivity index (χ0n) is 11.0. The fraction of sp³-hybridized carbons (Fsp3) is 0.143. The largest absolute Gasteiger partial charge is 0.351 e. The SMILES string of the molecule is O=C(CCNC(=O)c1ccc(F)nc1)Nc1ccncc1. The molecule has 6 nitrogen and oxygen atoms in total. The molecule has 2 heterocycles. The van der Waals surface area contributed by atoms with Gasteiger partial charge in [0.2, 0.25) is 11.9 Å². The van der Waals surface area contributed by atoms with Gasteiger partial charge in [0.15, 0.2) is 0 Å². The summed E-state index contributed by atoms with van der Waals surface area (Å²) in [5.41, 5.74) is 0.884. The van der Waals surface area contributed by atoms with Gasteiger partial charge in [-0.05, 0) is 24.3 Å². The van der Waals surface area contributed by atoms with Crippen molar-refractivity contribution in [1.82, 2.24) is 15.3 Å². The van der Waals surface area contributed by atoms with E-state index >= 15 is 0 Å². The summed E-state index contributed by atoms with van der Waals surface area (Å²) in [5.74, 6) is -1.28. The van der Waals surface area contributed by atoms with Crippen molar-refractivity contribution in [2.24, 2.45) is 0 Å². The first-order chi connectivity index (χ1) is 10.1. The summed E-state index contributed by atoms with van der Waals surface area (Å²) in [6, 6.07) is 5.76. The highest BCUT2D eigenvalue weighted by Crippen LogP contribution is 2.03. The maximum atomic E-state index is 12.6. The number of anilines is 1. The van der Waals surface area contributed by atoms with Gasteiger partial charge < -0.3 is 10.6 Å². The molecule has 0 aliphatic heterocycles.